The molecule has 0 saturated heterocycles. The Morgan fingerprint density at radius 2 is 1.61 bits per heavy atom. The fraction of sp³-hybridized carbons (Fsp3) is 0.192. The lowest BCUT2D eigenvalue weighted by Gasteiger charge is -2.19. The van der Waals surface area contributed by atoms with Crippen molar-refractivity contribution < 1.29 is 12.3 Å². The summed E-state index contributed by atoms with van der Waals surface area (Å²) in [6.45, 7) is -4.33. The molecule has 0 saturated carbocycles. The van der Waals surface area contributed by atoms with E-state index >= 15 is 0 Å². The summed E-state index contributed by atoms with van der Waals surface area (Å²) in [6.07, 6.45) is 0. The third-order valence-corrected chi connectivity index (χ3v) is 6.31. The minimum Gasteiger partial charge on any atom is -0.248 e. The van der Waals surface area contributed by atoms with Crippen LogP contribution in [-0.2, 0) is 0 Å². The Hall–Kier alpha value is -2.71. The Labute approximate surface area is 181 Å². The highest BCUT2D eigenvalue weighted by Gasteiger charge is 2.18. The quantitative estimate of drug-likeness (QED) is 0.353. The first kappa shape index (κ1) is 10.7. The molecule has 4 aromatic rings. The normalized spacial score (nSPS) is 17.9. The van der Waals surface area contributed by atoms with Crippen LogP contribution in [0, 0.1) is 13.8 Å². The van der Waals surface area contributed by atoms with E-state index in [1.807, 2.05) is 49.4 Å². The van der Waals surface area contributed by atoms with E-state index in [2.05, 4.69) is 0 Å². The van der Waals surface area contributed by atoms with Crippen LogP contribution in [-0.4, -0.2) is 13.1 Å². The number of hydrogen-bond donors (Lipinski definition) is 0. The van der Waals surface area contributed by atoms with Crippen molar-refractivity contribution in [3.05, 3.63) is 83.9 Å². The monoisotopic (exact) mass is 390 g/mol. The fourth-order valence-electron chi connectivity index (χ4n) is 3.47. The van der Waals surface area contributed by atoms with Gasteiger partial charge in [0.1, 0.15) is 0 Å². The van der Waals surface area contributed by atoms with Crippen molar-refractivity contribution in [3.63, 3.8) is 0 Å². The van der Waals surface area contributed by atoms with Gasteiger partial charge in [-0.25, -0.2) is 4.98 Å². The van der Waals surface area contributed by atoms with Gasteiger partial charge >= 0.3 is 0 Å². The van der Waals surface area contributed by atoms with E-state index in [1.165, 1.54) is 6.55 Å². The van der Waals surface area contributed by atoms with Crippen molar-refractivity contribution in [2.75, 3.05) is 0 Å². The highest BCUT2D eigenvalue weighted by atomic mass is 28.3. The number of fused-ring (bicyclic) bond motifs is 1. The van der Waals surface area contributed by atoms with Crippen LogP contribution in [0.3, 0.4) is 0 Å². The SMILES string of the molecule is [2H]C([2H])([2H])c1cc(C)cc(-c2cc(-c3ccccc3)c3cc([Si](C)(C([2H])([2H])[2H])C([2H])([2H])[2H])ccc3n2)c1. The zero-order valence-electron chi connectivity index (χ0n) is 24.9. The van der Waals surface area contributed by atoms with Crippen LogP contribution in [0.2, 0.25) is 19.5 Å². The summed E-state index contributed by atoms with van der Waals surface area (Å²) in [5.41, 5.74) is 4.40. The van der Waals surface area contributed by atoms with Gasteiger partial charge in [-0.3, -0.25) is 0 Å². The van der Waals surface area contributed by atoms with Crippen molar-refractivity contribution >= 4 is 24.2 Å². The van der Waals surface area contributed by atoms with Crippen LogP contribution in [0.1, 0.15) is 23.5 Å². The van der Waals surface area contributed by atoms with Crippen molar-refractivity contribution in [2.24, 2.45) is 0 Å². The van der Waals surface area contributed by atoms with Gasteiger partial charge in [-0.15, -0.1) is 0 Å². The summed E-state index contributed by atoms with van der Waals surface area (Å²) < 4.78 is 72.2. The summed E-state index contributed by atoms with van der Waals surface area (Å²) in [5.74, 6) is 0. The first-order valence-electron chi connectivity index (χ1n) is 13.7. The van der Waals surface area contributed by atoms with Gasteiger partial charge in [-0.1, -0.05) is 84.3 Å². The molecule has 0 N–H and O–H groups in total. The summed E-state index contributed by atoms with van der Waals surface area (Å²) in [7, 11) is -3.97. The third kappa shape index (κ3) is 3.65. The second kappa shape index (κ2) is 7.03. The van der Waals surface area contributed by atoms with Gasteiger partial charge in [0, 0.05) is 23.3 Å². The Kier molecular flexibility index (Phi) is 2.69. The van der Waals surface area contributed by atoms with Gasteiger partial charge in [0.15, 0.2) is 0 Å². The first-order chi connectivity index (χ1) is 17.0. The van der Waals surface area contributed by atoms with Crippen LogP contribution in [0.5, 0.6) is 0 Å². The molecule has 0 fully saturated rings. The molecule has 28 heavy (non-hydrogen) atoms. The van der Waals surface area contributed by atoms with Gasteiger partial charge in [-0.05, 0) is 49.2 Å². The van der Waals surface area contributed by atoms with Gasteiger partial charge in [0.2, 0.25) is 0 Å². The van der Waals surface area contributed by atoms with Crippen LogP contribution < -0.4 is 5.19 Å². The van der Waals surface area contributed by atoms with Crippen molar-refractivity contribution in [3.8, 4) is 22.4 Å². The minimum absolute atomic E-state index is 0.220. The number of aromatic nitrogens is 1. The molecule has 2 heteroatoms. The van der Waals surface area contributed by atoms with E-state index in [1.54, 1.807) is 30.3 Å². The van der Waals surface area contributed by atoms with E-state index in [0.29, 0.717) is 27.3 Å². The molecular formula is C26H27NSi. The average molecular weight is 391 g/mol. The summed E-state index contributed by atoms with van der Waals surface area (Å²) in [6, 6.07) is 21.4. The van der Waals surface area contributed by atoms with E-state index in [4.69, 9.17) is 17.3 Å². The molecule has 0 aliphatic rings. The molecule has 1 heterocycles. The summed E-state index contributed by atoms with van der Waals surface area (Å²) in [5, 5.41) is 0.954. The van der Waals surface area contributed by atoms with Crippen LogP contribution in [0.25, 0.3) is 33.3 Å². The number of pyridine rings is 1. The molecule has 0 unspecified atom stereocenters. The maximum absolute atomic E-state index is 8.12. The first-order valence-corrected chi connectivity index (χ1v) is 11.7. The zero-order valence-corrected chi connectivity index (χ0v) is 16.9. The van der Waals surface area contributed by atoms with Gasteiger partial charge < -0.3 is 0 Å². The summed E-state index contributed by atoms with van der Waals surface area (Å²) in [4.78, 5) is 4.79. The molecule has 0 radical (unpaired) electrons. The number of benzene rings is 3. The second-order valence-electron chi connectivity index (χ2n) is 7.37. The van der Waals surface area contributed by atoms with E-state index in [9.17, 15) is 0 Å². The minimum atomic E-state index is -3.97. The van der Waals surface area contributed by atoms with Crippen LogP contribution in [0.4, 0.5) is 0 Å². The summed E-state index contributed by atoms with van der Waals surface area (Å²) >= 11 is 0. The lowest BCUT2D eigenvalue weighted by molar-refractivity contribution is 1.34. The topological polar surface area (TPSA) is 12.9 Å². The van der Waals surface area contributed by atoms with Gasteiger partial charge in [0.05, 0.1) is 19.3 Å². The number of nitrogens with zero attached hydrogens (tertiary/aromatic N) is 1. The Bertz CT molecular complexity index is 1440. The molecule has 0 amide bonds. The number of hydrogen-bond acceptors (Lipinski definition) is 1. The Morgan fingerprint density at radius 3 is 2.36 bits per heavy atom. The molecule has 1 aromatic heterocycles. The fourth-order valence-corrected chi connectivity index (χ4v) is 4.32. The molecule has 0 aliphatic carbocycles. The Balaban J connectivity index is 2.03. The van der Waals surface area contributed by atoms with E-state index < -0.39 is 27.9 Å². The molecule has 0 aliphatic heterocycles. The lowest BCUT2D eigenvalue weighted by Crippen LogP contribution is -2.37. The lowest BCUT2D eigenvalue weighted by atomic mass is 9.97. The molecule has 0 atom stereocenters. The van der Waals surface area contributed by atoms with Gasteiger partial charge in [0.25, 0.3) is 0 Å². The zero-order chi connectivity index (χ0) is 27.4. The maximum atomic E-state index is 8.12. The molecule has 140 valence electrons. The Morgan fingerprint density at radius 1 is 0.821 bits per heavy atom. The molecule has 0 bridgehead atoms. The van der Waals surface area contributed by atoms with Crippen molar-refractivity contribution in [1.29, 1.82) is 0 Å². The molecule has 0 spiro atoms. The number of rotatable bonds is 3. The highest BCUT2D eigenvalue weighted by Crippen LogP contribution is 2.32. The van der Waals surface area contributed by atoms with E-state index in [0.717, 1.165) is 16.7 Å². The van der Waals surface area contributed by atoms with Gasteiger partial charge in [-0.2, -0.15) is 0 Å². The third-order valence-electron chi connectivity index (χ3n) is 4.84. The largest absolute Gasteiger partial charge is 0.248 e. The van der Waals surface area contributed by atoms with Crippen LogP contribution >= 0.6 is 0 Å². The average Bonchev–Trinajstić information content (AvgIpc) is 2.80. The van der Waals surface area contributed by atoms with E-state index in [-0.39, 0.29) is 5.56 Å². The second-order valence-corrected chi connectivity index (χ2v) is 10.2. The van der Waals surface area contributed by atoms with Crippen molar-refractivity contribution in [1.82, 2.24) is 4.98 Å². The molecule has 1 nitrogen and oxygen atoms in total. The molecule has 3 aromatic carbocycles. The smallest absolute Gasteiger partial charge is 0.0776 e. The van der Waals surface area contributed by atoms with Crippen molar-refractivity contribution in [2.45, 2.75) is 33.3 Å². The maximum Gasteiger partial charge on any atom is 0.0776 e. The molecule has 4 rings (SSSR count). The van der Waals surface area contributed by atoms with Crippen LogP contribution in [0.15, 0.2) is 72.8 Å². The predicted molar refractivity (Wildman–Crippen MR) is 125 cm³/mol. The predicted octanol–water partition coefficient (Wildman–Crippen LogP) is 6.73. The number of aryl methyl sites for hydroxylation is 2. The standard InChI is InChI=1S/C26H27NSi/c1-18-13-19(2)15-21(14-18)26-17-23(20-9-7-6-8-10-20)24-16-22(28(3,4)5)11-12-25(24)27-26/h6-17H,1-5H3/i1D3,3D3,4D3. The molecular weight excluding hydrogens is 354 g/mol. The highest BCUT2D eigenvalue weighted by molar-refractivity contribution is 6.88.